The van der Waals surface area contributed by atoms with Crippen LogP contribution in [0.3, 0.4) is 0 Å². The standard InChI is InChI=1S/C10H9N3O2S/c14-9-4-6(16)5-13(9)8-3-1-2-7-10(8)12-15-11-7/h1-3,6,16H,4-5H2. The lowest BCUT2D eigenvalue weighted by Gasteiger charge is -2.15. The lowest BCUT2D eigenvalue weighted by Crippen LogP contribution is -2.24. The predicted octanol–water partition coefficient (Wildman–Crippen LogP) is 1.26. The predicted molar refractivity (Wildman–Crippen MR) is 61.5 cm³/mol. The van der Waals surface area contributed by atoms with Gasteiger partial charge in [-0.15, -0.1) is 0 Å². The van der Waals surface area contributed by atoms with Crippen LogP contribution in [0.15, 0.2) is 22.8 Å². The average Bonchev–Trinajstić information content (AvgIpc) is 2.84. The maximum absolute atomic E-state index is 11.7. The summed E-state index contributed by atoms with van der Waals surface area (Å²) >= 11 is 4.32. The Hall–Kier alpha value is -1.56. The second kappa shape index (κ2) is 3.48. The van der Waals surface area contributed by atoms with Crippen molar-refractivity contribution in [1.82, 2.24) is 10.3 Å². The van der Waals surface area contributed by atoms with E-state index in [0.717, 1.165) is 5.69 Å². The smallest absolute Gasteiger partial charge is 0.228 e. The molecule has 0 N–H and O–H groups in total. The summed E-state index contributed by atoms with van der Waals surface area (Å²) in [5, 5.41) is 7.66. The third-order valence-corrected chi connectivity index (χ3v) is 3.01. The monoisotopic (exact) mass is 235 g/mol. The summed E-state index contributed by atoms with van der Waals surface area (Å²) in [4.78, 5) is 13.4. The van der Waals surface area contributed by atoms with E-state index < -0.39 is 0 Å². The number of hydrogen-bond acceptors (Lipinski definition) is 5. The van der Waals surface area contributed by atoms with Crippen molar-refractivity contribution < 1.29 is 9.42 Å². The van der Waals surface area contributed by atoms with E-state index in [4.69, 9.17) is 0 Å². The summed E-state index contributed by atoms with van der Waals surface area (Å²) in [6.45, 7) is 0.605. The van der Waals surface area contributed by atoms with Gasteiger partial charge in [-0.3, -0.25) is 4.79 Å². The highest BCUT2D eigenvalue weighted by Crippen LogP contribution is 2.29. The van der Waals surface area contributed by atoms with Gasteiger partial charge in [0.05, 0.1) is 5.69 Å². The van der Waals surface area contributed by atoms with Crippen molar-refractivity contribution in [3.05, 3.63) is 18.2 Å². The molecule has 1 amide bonds. The normalized spacial score (nSPS) is 20.9. The summed E-state index contributed by atoms with van der Waals surface area (Å²) in [7, 11) is 0. The molecule has 1 aliphatic heterocycles. The average molecular weight is 235 g/mol. The Kier molecular flexibility index (Phi) is 2.10. The molecule has 0 aliphatic carbocycles. The topological polar surface area (TPSA) is 59.2 Å². The van der Waals surface area contributed by atoms with Crippen molar-refractivity contribution in [3.63, 3.8) is 0 Å². The highest BCUT2D eigenvalue weighted by atomic mass is 32.1. The van der Waals surface area contributed by atoms with Crippen LogP contribution in [0.2, 0.25) is 0 Å². The molecule has 0 radical (unpaired) electrons. The molecule has 2 heterocycles. The van der Waals surface area contributed by atoms with Gasteiger partial charge in [0.1, 0.15) is 5.52 Å². The van der Waals surface area contributed by atoms with Crippen LogP contribution in [-0.2, 0) is 4.79 Å². The Morgan fingerprint density at radius 3 is 3.06 bits per heavy atom. The second-order valence-corrected chi connectivity index (χ2v) is 4.50. The van der Waals surface area contributed by atoms with Crippen LogP contribution < -0.4 is 4.90 Å². The molecule has 0 spiro atoms. The minimum Gasteiger partial charge on any atom is -0.309 e. The van der Waals surface area contributed by atoms with Crippen LogP contribution in [0.5, 0.6) is 0 Å². The summed E-state index contributed by atoms with van der Waals surface area (Å²) in [5.41, 5.74) is 2.03. The fraction of sp³-hybridized carbons (Fsp3) is 0.300. The Morgan fingerprint density at radius 1 is 1.44 bits per heavy atom. The van der Waals surface area contributed by atoms with Gasteiger partial charge in [0.2, 0.25) is 5.91 Å². The number of anilines is 1. The number of carbonyl (C=O) groups is 1. The molecule has 1 aromatic heterocycles. The highest BCUT2D eigenvalue weighted by Gasteiger charge is 2.30. The van der Waals surface area contributed by atoms with Gasteiger partial charge in [-0.25, -0.2) is 4.63 Å². The Bertz CT molecular complexity index is 554. The minimum absolute atomic E-state index is 0.0653. The molecule has 2 aromatic rings. The number of fused-ring (bicyclic) bond motifs is 1. The Morgan fingerprint density at radius 2 is 2.31 bits per heavy atom. The van der Waals surface area contributed by atoms with Gasteiger partial charge < -0.3 is 4.90 Å². The number of amides is 1. The molecule has 16 heavy (non-hydrogen) atoms. The third kappa shape index (κ3) is 1.37. The first-order valence-electron chi connectivity index (χ1n) is 4.95. The summed E-state index contributed by atoms with van der Waals surface area (Å²) in [6, 6.07) is 5.48. The molecule has 1 saturated heterocycles. The molecule has 1 unspecified atom stereocenters. The van der Waals surface area contributed by atoms with Gasteiger partial charge in [0.15, 0.2) is 5.52 Å². The summed E-state index contributed by atoms with van der Waals surface area (Å²) in [5.74, 6) is 0.0653. The number of benzene rings is 1. The van der Waals surface area contributed by atoms with E-state index >= 15 is 0 Å². The maximum Gasteiger partial charge on any atom is 0.228 e. The number of nitrogens with zero attached hydrogens (tertiary/aromatic N) is 3. The largest absolute Gasteiger partial charge is 0.309 e. The van der Waals surface area contributed by atoms with Crippen LogP contribution in [0.25, 0.3) is 11.0 Å². The quantitative estimate of drug-likeness (QED) is 0.756. The maximum atomic E-state index is 11.7. The van der Waals surface area contributed by atoms with Crippen LogP contribution in [0.4, 0.5) is 5.69 Å². The molecule has 1 aromatic carbocycles. The van der Waals surface area contributed by atoms with Crippen molar-refractivity contribution in [3.8, 4) is 0 Å². The van der Waals surface area contributed by atoms with Crippen molar-refractivity contribution in [2.45, 2.75) is 11.7 Å². The van der Waals surface area contributed by atoms with E-state index in [9.17, 15) is 4.79 Å². The Balaban J connectivity index is 2.12. The van der Waals surface area contributed by atoms with Crippen molar-refractivity contribution in [2.24, 2.45) is 0 Å². The van der Waals surface area contributed by atoms with Gasteiger partial charge in [0, 0.05) is 18.2 Å². The van der Waals surface area contributed by atoms with Gasteiger partial charge in [0.25, 0.3) is 0 Å². The molecule has 5 nitrogen and oxygen atoms in total. The lowest BCUT2D eigenvalue weighted by atomic mass is 10.2. The van der Waals surface area contributed by atoms with Crippen LogP contribution in [0, 0.1) is 0 Å². The fourth-order valence-corrected chi connectivity index (χ4v) is 2.25. The van der Waals surface area contributed by atoms with E-state index in [2.05, 4.69) is 27.6 Å². The third-order valence-electron chi connectivity index (χ3n) is 2.66. The molecule has 1 atom stereocenters. The molecule has 0 saturated carbocycles. The van der Waals surface area contributed by atoms with E-state index in [0.29, 0.717) is 24.0 Å². The first kappa shape index (κ1) is 9.65. The zero-order valence-electron chi connectivity index (χ0n) is 8.33. The van der Waals surface area contributed by atoms with Crippen LogP contribution in [0.1, 0.15) is 6.42 Å². The number of hydrogen-bond donors (Lipinski definition) is 1. The summed E-state index contributed by atoms with van der Waals surface area (Å²) in [6.07, 6.45) is 0.463. The number of thiol groups is 1. The van der Waals surface area contributed by atoms with Crippen molar-refractivity contribution >= 4 is 35.3 Å². The number of rotatable bonds is 1. The number of carbonyl (C=O) groups excluding carboxylic acids is 1. The zero-order valence-corrected chi connectivity index (χ0v) is 9.22. The first-order valence-corrected chi connectivity index (χ1v) is 5.47. The van der Waals surface area contributed by atoms with Crippen molar-refractivity contribution in [1.29, 1.82) is 0 Å². The van der Waals surface area contributed by atoms with Crippen LogP contribution >= 0.6 is 12.6 Å². The van der Waals surface area contributed by atoms with Crippen molar-refractivity contribution in [2.75, 3.05) is 11.4 Å². The second-order valence-electron chi connectivity index (χ2n) is 3.77. The molecular weight excluding hydrogens is 226 g/mol. The first-order chi connectivity index (χ1) is 7.75. The van der Waals surface area contributed by atoms with E-state index in [1.807, 2.05) is 12.1 Å². The SMILES string of the molecule is O=C1CC(S)CN1c1cccc2nonc12. The van der Waals surface area contributed by atoms with Gasteiger partial charge in [-0.1, -0.05) is 6.07 Å². The van der Waals surface area contributed by atoms with Crippen LogP contribution in [-0.4, -0.2) is 28.0 Å². The fourth-order valence-electron chi connectivity index (χ4n) is 1.93. The summed E-state index contributed by atoms with van der Waals surface area (Å²) < 4.78 is 4.67. The molecular formula is C10H9N3O2S. The zero-order chi connectivity index (χ0) is 11.1. The van der Waals surface area contributed by atoms with E-state index in [1.54, 1.807) is 11.0 Å². The minimum atomic E-state index is 0.0653. The lowest BCUT2D eigenvalue weighted by molar-refractivity contribution is -0.117. The molecule has 1 aliphatic rings. The molecule has 82 valence electrons. The highest BCUT2D eigenvalue weighted by molar-refractivity contribution is 7.81. The van der Waals surface area contributed by atoms with Gasteiger partial charge in [-0.05, 0) is 22.4 Å². The van der Waals surface area contributed by atoms with E-state index in [1.165, 1.54) is 0 Å². The van der Waals surface area contributed by atoms with Gasteiger partial charge >= 0.3 is 0 Å². The molecule has 6 heteroatoms. The number of aromatic nitrogens is 2. The van der Waals surface area contributed by atoms with Gasteiger partial charge in [-0.2, -0.15) is 12.6 Å². The molecule has 0 bridgehead atoms. The molecule has 3 rings (SSSR count). The molecule has 1 fully saturated rings. The Labute approximate surface area is 96.8 Å². The van der Waals surface area contributed by atoms with E-state index in [-0.39, 0.29) is 11.2 Å².